The summed E-state index contributed by atoms with van der Waals surface area (Å²) in [6.07, 6.45) is 5.77. The van der Waals surface area contributed by atoms with Gasteiger partial charge in [0.2, 0.25) is 0 Å². The topological polar surface area (TPSA) is 394 Å². The fraction of sp³-hybridized carbons (Fsp3) is 0.354. The smallest absolute Gasteiger partial charge is 0.463 e. The van der Waals surface area contributed by atoms with Gasteiger partial charge in [-0.1, -0.05) is 134 Å². The molecule has 0 aliphatic heterocycles. The van der Waals surface area contributed by atoms with E-state index in [9.17, 15) is 50.7 Å². The fourth-order valence-electron chi connectivity index (χ4n) is 13.6. The van der Waals surface area contributed by atoms with E-state index in [2.05, 4.69) is 83.5 Å². The quantitative estimate of drug-likeness (QED) is 0.00178. The normalized spacial score (nSPS) is 11.5. The van der Waals surface area contributed by atoms with Crippen LogP contribution in [0.25, 0.3) is 89.6 Å². The zero-order valence-corrected chi connectivity index (χ0v) is 88.4. The number of alkyl halides is 1. The van der Waals surface area contributed by atoms with E-state index in [-0.39, 0.29) is 192 Å². The molecule has 4 heterocycles. The van der Waals surface area contributed by atoms with Gasteiger partial charge < -0.3 is 97.4 Å². The van der Waals surface area contributed by atoms with Gasteiger partial charge in [-0.15, -0.1) is 12.4 Å². The predicted molar refractivity (Wildman–Crippen MR) is 527 cm³/mol. The number of aromatic amines is 1. The Hall–Kier alpha value is -8.49. The summed E-state index contributed by atoms with van der Waals surface area (Å²) < 4.78 is 83.7. The molecule has 12 rings (SSSR count). The largest absolute Gasteiger partial charge is 1.00 e. The molecule has 12 aromatic rings. The molecule has 0 saturated carbocycles. The van der Waals surface area contributed by atoms with Crippen LogP contribution in [0.2, 0.25) is 0 Å². The molecule has 35 heteroatoms. The summed E-state index contributed by atoms with van der Waals surface area (Å²) in [6.45, 7) is 19.3. The van der Waals surface area contributed by atoms with Gasteiger partial charge in [0.15, 0.2) is 0 Å². The van der Waals surface area contributed by atoms with Gasteiger partial charge in [-0.3, -0.25) is 24.0 Å². The monoisotopic (exact) mass is 2040 g/mol. The number of benzene rings is 8. The second kappa shape index (κ2) is 63.1. The minimum Gasteiger partial charge on any atom is -0.463 e. The Morgan fingerprint density at radius 3 is 1.01 bits per heavy atom. The Labute approximate surface area is 888 Å². The van der Waals surface area contributed by atoms with Gasteiger partial charge in [-0.2, -0.15) is 7.18 Å². The van der Waals surface area contributed by atoms with Crippen LogP contribution in [-0.4, -0.2) is 159 Å². The van der Waals surface area contributed by atoms with E-state index in [1.54, 1.807) is 55.7 Å². The van der Waals surface area contributed by atoms with Gasteiger partial charge in [0.25, 0.3) is 25.1 Å². The predicted octanol–water partition coefficient (Wildman–Crippen LogP) is 12.3. The first-order valence-corrected chi connectivity index (χ1v) is 44.9. The van der Waals surface area contributed by atoms with Crippen molar-refractivity contribution in [2.24, 2.45) is 55.9 Å². The van der Waals surface area contributed by atoms with Gasteiger partial charge >= 0.3 is 121 Å². The molecule has 17 N–H and O–H groups in total. The summed E-state index contributed by atoms with van der Waals surface area (Å²) in [5.74, 6) is -1.12. The molecular formula is C99H128ClF5IK2N14O12+. The summed E-state index contributed by atoms with van der Waals surface area (Å²) in [4.78, 5) is 91.3. The first-order chi connectivity index (χ1) is 63.0. The van der Waals surface area contributed by atoms with Crippen LogP contribution >= 0.6 is 35.0 Å². The first-order valence-electron chi connectivity index (χ1n) is 43.2. The number of ether oxygens (including phenoxy) is 2. The third-order valence-corrected chi connectivity index (χ3v) is 20.4. The number of hydrogen-bond acceptors (Lipinski definition) is 16. The van der Waals surface area contributed by atoms with Crippen molar-refractivity contribution in [2.45, 2.75) is 130 Å². The number of H-pyrrole nitrogens is 1. The Kier molecular flexibility index (Phi) is 56.3. The van der Waals surface area contributed by atoms with E-state index < -0.39 is 23.4 Å². The molecule has 0 aliphatic rings. The van der Waals surface area contributed by atoms with Crippen molar-refractivity contribution in [1.29, 1.82) is 1.43 Å². The summed E-state index contributed by atoms with van der Waals surface area (Å²) in [5.41, 5.74) is 35.4. The van der Waals surface area contributed by atoms with Crippen molar-refractivity contribution < 1.29 is 183 Å². The Morgan fingerprint density at radius 2 is 0.724 bits per heavy atom. The number of nitrogens with one attached hydrogen (secondary N) is 7. The molecule has 716 valence electrons. The van der Waals surface area contributed by atoms with Crippen molar-refractivity contribution in [2.75, 3.05) is 64.4 Å². The van der Waals surface area contributed by atoms with Crippen molar-refractivity contribution in [3.05, 3.63) is 247 Å². The summed E-state index contributed by atoms with van der Waals surface area (Å²) in [6, 6.07) is 56.4. The number of halogens is 7. The molecule has 0 spiro atoms. The number of hydrogen-bond donors (Lipinski definition) is 13. The van der Waals surface area contributed by atoms with Crippen molar-refractivity contribution in [3.8, 4) is 44.5 Å². The summed E-state index contributed by atoms with van der Waals surface area (Å²) in [7, 11) is 8.34. The van der Waals surface area contributed by atoms with Crippen LogP contribution in [0.4, 0.5) is 31.5 Å². The van der Waals surface area contributed by atoms with Gasteiger partial charge in [0.1, 0.15) is 57.2 Å². The molecular weight excluding hydrogens is 1910 g/mol. The van der Waals surface area contributed by atoms with Crippen LogP contribution in [0.15, 0.2) is 194 Å². The number of nitrogens with zero attached hydrogens (tertiary/aromatic N) is 3. The van der Waals surface area contributed by atoms with Gasteiger partial charge in [-0.05, 0) is 264 Å². The molecule has 8 aromatic carbocycles. The van der Waals surface area contributed by atoms with Crippen LogP contribution in [0.5, 0.6) is 0 Å². The van der Waals surface area contributed by atoms with Crippen molar-refractivity contribution in [1.82, 2.24) is 50.6 Å². The first kappa shape index (κ1) is 120. The van der Waals surface area contributed by atoms with Crippen molar-refractivity contribution in [3.63, 3.8) is 0 Å². The summed E-state index contributed by atoms with van der Waals surface area (Å²) >= 11 is 2.15. The van der Waals surface area contributed by atoms with Crippen LogP contribution < -0.4 is 158 Å². The minimum absolute atomic E-state index is 0. The molecule has 26 nitrogen and oxygen atoms in total. The van der Waals surface area contributed by atoms with E-state index in [4.69, 9.17) is 43.7 Å². The molecule has 0 unspecified atom stereocenters. The SMILES string of the molecule is CI.CO.C[C@@H](CCCNC(=O)OC(C)(C)C)CNC(=O)c1cc2ccc(-c3ccc(F)cc3)cc2[nH]1.C[C@@H](CCCNC(=O)OC(C)(C)C)CNC(=O)c1cc2ccc(-c3ccc(F)cc3)cc2n1C.Cl.Cn1c(C(=O)NC[C@@H](N)CCCN)cc2ccc(-c3ccc(F)cc3)cc21.Cn1c(C(=O)NC[C@@H](N)CCCN)cc2ccc(-c3ccc(F)cc3)cc21.[2H]OOC=O.[CH2-]F.[K+].[K+]. The number of alkyl carbamates (subject to hydrolysis) is 2. The number of carbonyl (C=O) groups excluding carboxylic acids is 7. The molecule has 0 radical (unpaired) electrons. The number of aliphatic hydroxyl groups excluding tert-OH is 1. The average molecular weight is 2040 g/mol. The van der Waals surface area contributed by atoms with E-state index in [1.807, 2.05) is 178 Å². The molecule has 4 atom stereocenters. The maximum atomic E-state index is 13.2. The number of rotatable bonds is 32. The average Bonchev–Trinajstić information content (AvgIpc) is 1.65. The van der Waals surface area contributed by atoms with Gasteiger partial charge in [0.05, 0.1) is 0 Å². The second-order valence-corrected chi connectivity index (χ2v) is 32.9. The minimum atomic E-state index is -0.508. The van der Waals surface area contributed by atoms with Gasteiger partial charge in [-0.25, -0.2) is 32.4 Å². The molecule has 6 amide bonds. The van der Waals surface area contributed by atoms with Crippen LogP contribution in [0.1, 0.15) is 149 Å². The molecule has 0 saturated heterocycles. The Morgan fingerprint density at radius 1 is 0.440 bits per heavy atom. The number of nitrogens with two attached hydrogens (primary N) is 4. The van der Waals surface area contributed by atoms with Gasteiger partial charge in [0, 0.05) is 123 Å². The number of aliphatic hydroxyl groups is 1. The van der Waals surface area contributed by atoms with Crippen LogP contribution in [0.3, 0.4) is 0 Å². The standard InChI is InChI=1S/C27H34FN3O3.C26H32FN3O3.2C21H25FN4O.CH2F.CH3I.CH2O3.CH4O.ClH.2K/c1-18(7-6-14-29-26(33)34-27(2,3)4)17-30-25(32)24-16-21-9-8-20(15-23(21)31(24)5)19-10-12-22(28)13-11-19;1-17(6-5-13-28-25(32)33-26(2,3)4)16-29-24(31)23-15-20-8-7-19(14-22(20)30-23)18-9-11-21(27)12-10-18;2*1-26-19-11-15(14-6-8-17(22)9-7-14)4-5-16(19)12-20(26)21(27)25-13-18(24)3-2-10-23;2*1-2;2-1-4-3;1-2;;;/h8-13,15-16,18H,6-7,14,17H2,1-5H3,(H,29,33)(H,30,32);7-12,14-15,17,30H,5-6,13,16H2,1-4H3,(H,28,32)(H,29,31);2*4-9,11-12,18H,2-3,10,13,23-24H2,1H3,(H,25,27);1H2;1H3;1,3H;2H,1H3;1H;;/q;;;;-1;;;;;2*+1/t18-;17-;2*18-;;;;;;;/m0000......./s1/i/hD. The van der Waals surface area contributed by atoms with Crippen LogP contribution in [0, 0.1) is 42.3 Å². The van der Waals surface area contributed by atoms with E-state index in [0.29, 0.717) is 75.1 Å². The van der Waals surface area contributed by atoms with Crippen LogP contribution in [-0.2, 0) is 40.3 Å². The maximum absolute atomic E-state index is 13.2. The molecule has 0 aliphatic carbocycles. The number of fused-ring (bicyclic) bond motifs is 4. The third-order valence-electron chi connectivity index (χ3n) is 20.4. The van der Waals surface area contributed by atoms with E-state index in [0.717, 1.165) is 147 Å². The number of amides is 6. The zero-order chi connectivity index (χ0) is 97.8. The second-order valence-electron chi connectivity index (χ2n) is 32.9. The molecule has 0 bridgehead atoms. The number of carbonyl (C=O) groups is 7. The van der Waals surface area contributed by atoms with E-state index in [1.165, 1.54) is 48.5 Å². The third kappa shape index (κ3) is 41.0. The maximum Gasteiger partial charge on any atom is 1.00 e. The molecule has 0 fully saturated rings. The number of aryl methyl sites for hydroxylation is 3. The fourth-order valence-corrected chi connectivity index (χ4v) is 13.6. The number of aromatic nitrogens is 4. The molecule has 134 heavy (non-hydrogen) atoms. The Balaban J connectivity index is 0.000000585. The van der Waals surface area contributed by atoms with Crippen molar-refractivity contribution >= 4 is 121 Å². The summed E-state index contributed by atoms with van der Waals surface area (Å²) in [5, 5.41) is 31.2. The zero-order valence-electron chi connectivity index (χ0n) is 80.1. The van der Waals surface area contributed by atoms with E-state index >= 15 is 0 Å². The Bertz CT molecular complexity index is 5460. The molecule has 4 aromatic heterocycles.